The zero-order valence-electron chi connectivity index (χ0n) is 10.5. The highest BCUT2D eigenvalue weighted by atomic mass is 16.5. The van der Waals surface area contributed by atoms with Gasteiger partial charge in [-0.2, -0.15) is 0 Å². The van der Waals surface area contributed by atoms with Crippen molar-refractivity contribution in [2.24, 2.45) is 0 Å². The molecule has 0 radical (unpaired) electrons. The van der Waals surface area contributed by atoms with E-state index in [0.29, 0.717) is 12.5 Å². The number of pyridine rings is 1. The van der Waals surface area contributed by atoms with E-state index in [2.05, 4.69) is 16.5 Å². The Kier molecular flexibility index (Phi) is 3.02. The fourth-order valence-electron chi connectivity index (χ4n) is 2.00. The van der Waals surface area contributed by atoms with Crippen molar-refractivity contribution in [1.82, 2.24) is 9.97 Å². The molecular formula is C16H14N2O. The molecule has 0 saturated heterocycles. The summed E-state index contributed by atoms with van der Waals surface area (Å²) in [5, 5.41) is 1.08. The SMILES string of the molecule is C=Cc1c[nH]c2cnc(OCc3ccccc3)cc12. The van der Waals surface area contributed by atoms with Crippen molar-refractivity contribution in [2.75, 3.05) is 0 Å². The van der Waals surface area contributed by atoms with Crippen LogP contribution in [0, 0.1) is 0 Å². The molecule has 0 unspecified atom stereocenters. The lowest BCUT2D eigenvalue weighted by Crippen LogP contribution is -1.96. The zero-order valence-corrected chi connectivity index (χ0v) is 10.5. The van der Waals surface area contributed by atoms with Gasteiger partial charge in [-0.15, -0.1) is 0 Å². The Bertz CT molecular complexity index is 701. The fourth-order valence-corrected chi connectivity index (χ4v) is 2.00. The fraction of sp³-hybridized carbons (Fsp3) is 0.0625. The minimum Gasteiger partial charge on any atom is -0.473 e. The molecule has 1 aromatic carbocycles. The van der Waals surface area contributed by atoms with E-state index >= 15 is 0 Å². The Labute approximate surface area is 111 Å². The van der Waals surface area contributed by atoms with E-state index in [4.69, 9.17) is 4.74 Å². The number of ether oxygens (including phenoxy) is 1. The highest BCUT2D eigenvalue weighted by Crippen LogP contribution is 2.22. The van der Waals surface area contributed by atoms with Crippen LogP contribution in [0.5, 0.6) is 5.88 Å². The minimum absolute atomic E-state index is 0.521. The Morgan fingerprint density at radius 1 is 1.26 bits per heavy atom. The molecular weight excluding hydrogens is 236 g/mol. The molecule has 1 N–H and O–H groups in total. The number of hydrogen-bond donors (Lipinski definition) is 1. The Morgan fingerprint density at radius 2 is 2.11 bits per heavy atom. The van der Waals surface area contributed by atoms with Crippen LogP contribution in [0.25, 0.3) is 17.0 Å². The van der Waals surface area contributed by atoms with Crippen LogP contribution in [0.2, 0.25) is 0 Å². The summed E-state index contributed by atoms with van der Waals surface area (Å²) in [6.45, 7) is 4.32. The maximum Gasteiger partial charge on any atom is 0.214 e. The molecule has 0 fully saturated rings. The van der Waals surface area contributed by atoms with Crippen molar-refractivity contribution in [3.8, 4) is 5.88 Å². The van der Waals surface area contributed by atoms with Crippen LogP contribution in [0.1, 0.15) is 11.1 Å². The molecule has 0 spiro atoms. The molecule has 0 aliphatic carbocycles. The third kappa shape index (κ3) is 2.36. The van der Waals surface area contributed by atoms with Gasteiger partial charge in [0.05, 0.1) is 11.7 Å². The summed E-state index contributed by atoms with van der Waals surface area (Å²) in [5.41, 5.74) is 3.17. The van der Waals surface area contributed by atoms with Crippen LogP contribution in [0.15, 0.2) is 55.4 Å². The van der Waals surface area contributed by atoms with Gasteiger partial charge in [-0.05, 0) is 11.1 Å². The zero-order chi connectivity index (χ0) is 13.1. The van der Waals surface area contributed by atoms with E-state index in [9.17, 15) is 0 Å². The Balaban J connectivity index is 1.83. The summed E-state index contributed by atoms with van der Waals surface area (Å²) in [6.07, 6.45) is 5.52. The Morgan fingerprint density at radius 3 is 2.89 bits per heavy atom. The molecule has 2 heterocycles. The topological polar surface area (TPSA) is 37.9 Å². The van der Waals surface area contributed by atoms with E-state index in [-0.39, 0.29) is 0 Å². The number of aromatic nitrogens is 2. The monoisotopic (exact) mass is 250 g/mol. The number of H-pyrrole nitrogens is 1. The third-order valence-electron chi connectivity index (χ3n) is 3.02. The molecule has 0 amide bonds. The molecule has 3 aromatic rings. The van der Waals surface area contributed by atoms with Gasteiger partial charge in [0, 0.05) is 17.6 Å². The quantitative estimate of drug-likeness (QED) is 0.765. The van der Waals surface area contributed by atoms with Gasteiger partial charge in [0.2, 0.25) is 5.88 Å². The molecule has 0 saturated carbocycles. The summed E-state index contributed by atoms with van der Waals surface area (Å²) in [4.78, 5) is 7.43. The third-order valence-corrected chi connectivity index (χ3v) is 3.02. The first-order valence-electron chi connectivity index (χ1n) is 6.13. The second-order valence-electron chi connectivity index (χ2n) is 4.29. The van der Waals surface area contributed by atoms with Gasteiger partial charge < -0.3 is 9.72 Å². The molecule has 3 nitrogen and oxygen atoms in total. The van der Waals surface area contributed by atoms with E-state index in [0.717, 1.165) is 22.0 Å². The Hall–Kier alpha value is -2.55. The molecule has 0 atom stereocenters. The van der Waals surface area contributed by atoms with E-state index in [1.165, 1.54) is 0 Å². The van der Waals surface area contributed by atoms with Crippen LogP contribution in [0.4, 0.5) is 0 Å². The lowest BCUT2D eigenvalue weighted by atomic mass is 10.2. The van der Waals surface area contributed by atoms with Crippen molar-refractivity contribution in [2.45, 2.75) is 6.61 Å². The molecule has 3 heteroatoms. The molecule has 0 bridgehead atoms. The first-order chi connectivity index (χ1) is 9.36. The number of nitrogens with zero attached hydrogens (tertiary/aromatic N) is 1. The maximum atomic E-state index is 5.71. The lowest BCUT2D eigenvalue weighted by Gasteiger charge is -2.05. The van der Waals surface area contributed by atoms with Gasteiger partial charge in [0.15, 0.2) is 0 Å². The van der Waals surface area contributed by atoms with E-state index in [1.807, 2.05) is 48.7 Å². The number of nitrogens with one attached hydrogen (secondary N) is 1. The highest BCUT2D eigenvalue weighted by Gasteiger charge is 2.04. The minimum atomic E-state index is 0.521. The van der Waals surface area contributed by atoms with Crippen molar-refractivity contribution >= 4 is 17.0 Å². The summed E-state index contributed by atoms with van der Waals surface area (Å²) < 4.78 is 5.71. The van der Waals surface area contributed by atoms with Crippen LogP contribution in [-0.2, 0) is 6.61 Å². The first kappa shape index (κ1) is 11.5. The lowest BCUT2D eigenvalue weighted by molar-refractivity contribution is 0.294. The van der Waals surface area contributed by atoms with Crippen LogP contribution in [-0.4, -0.2) is 9.97 Å². The van der Waals surface area contributed by atoms with Gasteiger partial charge in [0.1, 0.15) is 6.61 Å². The molecule has 19 heavy (non-hydrogen) atoms. The predicted octanol–water partition coefficient (Wildman–Crippen LogP) is 3.78. The molecule has 0 aliphatic heterocycles. The molecule has 0 aliphatic rings. The number of aromatic amines is 1. The first-order valence-corrected chi connectivity index (χ1v) is 6.13. The maximum absolute atomic E-state index is 5.71. The standard InChI is InChI=1S/C16H14N2O/c1-2-13-9-17-15-10-18-16(8-14(13)15)19-11-12-6-4-3-5-7-12/h2-10,17H,1,11H2. The number of fused-ring (bicyclic) bond motifs is 1. The normalized spacial score (nSPS) is 10.5. The second kappa shape index (κ2) is 4.98. The van der Waals surface area contributed by atoms with Gasteiger partial charge >= 0.3 is 0 Å². The van der Waals surface area contributed by atoms with Crippen molar-refractivity contribution in [1.29, 1.82) is 0 Å². The van der Waals surface area contributed by atoms with E-state index < -0.39 is 0 Å². The smallest absolute Gasteiger partial charge is 0.214 e. The number of hydrogen-bond acceptors (Lipinski definition) is 2. The predicted molar refractivity (Wildman–Crippen MR) is 77.0 cm³/mol. The summed E-state index contributed by atoms with van der Waals surface area (Å²) in [6, 6.07) is 12.0. The van der Waals surface area contributed by atoms with Crippen LogP contribution in [0.3, 0.4) is 0 Å². The van der Waals surface area contributed by atoms with E-state index in [1.54, 1.807) is 6.20 Å². The second-order valence-corrected chi connectivity index (χ2v) is 4.29. The summed E-state index contributed by atoms with van der Waals surface area (Å²) in [5.74, 6) is 0.624. The molecule has 2 aromatic heterocycles. The van der Waals surface area contributed by atoms with Gasteiger partial charge in [0.25, 0.3) is 0 Å². The van der Waals surface area contributed by atoms with Crippen molar-refractivity contribution in [3.05, 3.63) is 66.5 Å². The van der Waals surface area contributed by atoms with Crippen molar-refractivity contribution in [3.63, 3.8) is 0 Å². The van der Waals surface area contributed by atoms with Gasteiger partial charge in [-0.25, -0.2) is 4.98 Å². The van der Waals surface area contributed by atoms with Crippen LogP contribution >= 0.6 is 0 Å². The largest absolute Gasteiger partial charge is 0.473 e. The summed E-state index contributed by atoms with van der Waals surface area (Å²) >= 11 is 0. The molecule has 94 valence electrons. The summed E-state index contributed by atoms with van der Waals surface area (Å²) in [7, 11) is 0. The van der Waals surface area contributed by atoms with Gasteiger partial charge in [-0.1, -0.05) is 43.0 Å². The average Bonchev–Trinajstić information content (AvgIpc) is 2.88. The van der Waals surface area contributed by atoms with Crippen molar-refractivity contribution < 1.29 is 4.74 Å². The number of benzene rings is 1. The highest BCUT2D eigenvalue weighted by molar-refractivity contribution is 5.88. The average molecular weight is 250 g/mol. The molecule has 3 rings (SSSR count). The van der Waals surface area contributed by atoms with Gasteiger partial charge in [-0.3, -0.25) is 0 Å². The number of rotatable bonds is 4. The van der Waals surface area contributed by atoms with Crippen LogP contribution < -0.4 is 4.74 Å².